The second kappa shape index (κ2) is 6.15. The van der Waals surface area contributed by atoms with Crippen molar-refractivity contribution in [2.75, 3.05) is 0 Å². The Balaban J connectivity index is 1.43. The molecule has 2 aromatic heterocycles. The molecule has 7 nitrogen and oxygen atoms in total. The Morgan fingerprint density at radius 1 is 1.32 bits per heavy atom. The lowest BCUT2D eigenvalue weighted by Crippen LogP contribution is -2.61. The molecule has 4 aliphatic rings. The predicted octanol–water partition coefficient (Wildman–Crippen LogP) is 3.26. The van der Waals surface area contributed by atoms with Crippen LogP contribution in [-0.4, -0.2) is 30.5 Å². The molecule has 0 aromatic carbocycles. The summed E-state index contributed by atoms with van der Waals surface area (Å²) in [5, 5.41) is 12.3. The summed E-state index contributed by atoms with van der Waals surface area (Å²) in [5.41, 5.74) is 1.85. The van der Waals surface area contributed by atoms with E-state index in [1.54, 1.807) is 0 Å². The summed E-state index contributed by atoms with van der Waals surface area (Å²) < 4.78 is 4.54. The Labute approximate surface area is 173 Å². The van der Waals surface area contributed by atoms with Gasteiger partial charge in [0, 0.05) is 18.3 Å². The molecular formula is C20H27BrN6O. The number of nitrogens with zero attached hydrogens (tertiary/aromatic N) is 5. The van der Waals surface area contributed by atoms with Gasteiger partial charge in [0.15, 0.2) is 0 Å². The van der Waals surface area contributed by atoms with Gasteiger partial charge in [-0.05, 0) is 80.1 Å². The monoisotopic (exact) mass is 446 g/mol. The third-order valence-electron chi connectivity index (χ3n) is 7.55. The molecule has 2 heterocycles. The van der Waals surface area contributed by atoms with Crippen LogP contribution < -0.4 is 5.32 Å². The molecular weight excluding hydrogens is 420 g/mol. The number of hydrogen-bond donors (Lipinski definition) is 1. The van der Waals surface area contributed by atoms with Gasteiger partial charge in [-0.1, -0.05) is 0 Å². The minimum atomic E-state index is -0.285. The van der Waals surface area contributed by atoms with Gasteiger partial charge >= 0.3 is 0 Å². The lowest BCUT2D eigenvalue weighted by Gasteiger charge is -2.61. The van der Waals surface area contributed by atoms with E-state index in [9.17, 15) is 4.79 Å². The quantitative estimate of drug-likeness (QED) is 0.781. The third kappa shape index (κ3) is 2.67. The SMILES string of the molecule is Cc1c(C(C)NC(=O)C23CC4CC(C2)CC(n2cnc(Br)n2)(C4)C3)cnn1C. The number of amides is 1. The van der Waals surface area contributed by atoms with E-state index in [4.69, 9.17) is 0 Å². The number of rotatable bonds is 4. The van der Waals surface area contributed by atoms with Crippen LogP contribution in [0.15, 0.2) is 17.3 Å². The van der Waals surface area contributed by atoms with Crippen molar-refractivity contribution in [1.29, 1.82) is 0 Å². The fourth-order valence-electron chi connectivity index (χ4n) is 6.59. The van der Waals surface area contributed by atoms with Gasteiger partial charge in [0.2, 0.25) is 10.6 Å². The summed E-state index contributed by atoms with van der Waals surface area (Å²) >= 11 is 3.39. The molecule has 3 unspecified atom stereocenters. The number of halogens is 1. The van der Waals surface area contributed by atoms with Crippen LogP contribution in [0.2, 0.25) is 0 Å². The van der Waals surface area contributed by atoms with Gasteiger partial charge in [-0.2, -0.15) is 5.10 Å². The van der Waals surface area contributed by atoms with Crippen molar-refractivity contribution in [2.45, 2.75) is 64.0 Å². The molecule has 0 radical (unpaired) electrons. The van der Waals surface area contributed by atoms with Gasteiger partial charge in [0.1, 0.15) is 6.33 Å². The number of aromatic nitrogens is 5. The Kier molecular flexibility index (Phi) is 4.03. The molecule has 0 aliphatic heterocycles. The summed E-state index contributed by atoms with van der Waals surface area (Å²) in [6.45, 7) is 4.11. The minimum Gasteiger partial charge on any atom is -0.349 e. The van der Waals surface area contributed by atoms with Crippen LogP contribution in [0.1, 0.15) is 62.7 Å². The lowest BCUT2D eigenvalue weighted by atomic mass is 9.46. The fraction of sp³-hybridized carbons (Fsp3) is 0.700. The van der Waals surface area contributed by atoms with Crippen LogP contribution in [-0.2, 0) is 17.4 Å². The molecule has 4 saturated carbocycles. The van der Waals surface area contributed by atoms with Gasteiger partial charge in [-0.25, -0.2) is 9.67 Å². The van der Waals surface area contributed by atoms with Gasteiger partial charge < -0.3 is 5.32 Å². The number of hydrogen-bond acceptors (Lipinski definition) is 4. The molecule has 4 bridgehead atoms. The maximum Gasteiger partial charge on any atom is 0.226 e. The Hall–Kier alpha value is -1.70. The van der Waals surface area contributed by atoms with Crippen LogP contribution >= 0.6 is 15.9 Å². The highest BCUT2D eigenvalue weighted by Crippen LogP contribution is 2.64. The summed E-state index contributed by atoms with van der Waals surface area (Å²) in [6.07, 6.45) is 10.1. The lowest BCUT2D eigenvalue weighted by molar-refractivity contribution is -0.156. The molecule has 28 heavy (non-hydrogen) atoms. The highest BCUT2D eigenvalue weighted by molar-refractivity contribution is 9.10. The molecule has 2 aromatic rings. The summed E-state index contributed by atoms with van der Waals surface area (Å²) in [7, 11) is 1.94. The van der Waals surface area contributed by atoms with E-state index in [2.05, 4.69) is 43.4 Å². The number of carbonyl (C=O) groups is 1. The molecule has 0 saturated heterocycles. The molecule has 150 valence electrons. The normalized spacial score (nSPS) is 34.6. The van der Waals surface area contributed by atoms with E-state index in [1.807, 2.05) is 35.9 Å². The molecule has 1 amide bonds. The Morgan fingerprint density at radius 3 is 2.61 bits per heavy atom. The number of carbonyl (C=O) groups excluding carboxylic acids is 1. The van der Waals surface area contributed by atoms with Crippen molar-refractivity contribution in [1.82, 2.24) is 29.9 Å². The van der Waals surface area contributed by atoms with Crippen molar-refractivity contribution < 1.29 is 4.79 Å². The van der Waals surface area contributed by atoms with E-state index >= 15 is 0 Å². The summed E-state index contributed by atoms with van der Waals surface area (Å²) in [4.78, 5) is 17.9. The van der Waals surface area contributed by atoms with Crippen molar-refractivity contribution in [3.63, 3.8) is 0 Å². The van der Waals surface area contributed by atoms with E-state index < -0.39 is 0 Å². The van der Waals surface area contributed by atoms with E-state index in [0.717, 1.165) is 43.4 Å². The third-order valence-corrected chi connectivity index (χ3v) is 7.91. The summed E-state index contributed by atoms with van der Waals surface area (Å²) in [5.74, 6) is 1.41. The zero-order valence-corrected chi connectivity index (χ0v) is 18.2. The first kappa shape index (κ1) is 18.3. The van der Waals surface area contributed by atoms with E-state index in [0.29, 0.717) is 16.6 Å². The van der Waals surface area contributed by atoms with Gasteiger partial charge in [0.05, 0.1) is 23.2 Å². The predicted molar refractivity (Wildman–Crippen MR) is 107 cm³/mol. The molecule has 3 atom stereocenters. The van der Waals surface area contributed by atoms with Crippen molar-refractivity contribution >= 4 is 21.8 Å². The second-order valence-corrected chi connectivity index (χ2v) is 10.1. The fourth-order valence-corrected chi connectivity index (χ4v) is 6.85. The minimum absolute atomic E-state index is 0.0364. The van der Waals surface area contributed by atoms with Crippen molar-refractivity contribution in [2.24, 2.45) is 24.3 Å². The van der Waals surface area contributed by atoms with E-state index in [1.165, 1.54) is 6.42 Å². The van der Waals surface area contributed by atoms with Gasteiger partial charge in [-0.15, -0.1) is 5.10 Å². The first-order valence-electron chi connectivity index (χ1n) is 10.2. The Morgan fingerprint density at radius 2 is 2.04 bits per heavy atom. The average molecular weight is 447 g/mol. The summed E-state index contributed by atoms with van der Waals surface area (Å²) in [6, 6.07) is -0.0364. The number of nitrogens with one attached hydrogen (secondary N) is 1. The number of aryl methyl sites for hydroxylation is 1. The molecule has 4 aliphatic carbocycles. The molecule has 4 fully saturated rings. The molecule has 1 N–H and O–H groups in total. The second-order valence-electron chi connectivity index (χ2n) is 9.43. The molecule has 0 spiro atoms. The van der Waals surface area contributed by atoms with Crippen molar-refractivity contribution in [3.8, 4) is 0 Å². The highest BCUT2D eigenvalue weighted by Gasteiger charge is 2.61. The molecule has 8 heteroatoms. The standard InChI is InChI=1S/C20H27BrN6O/c1-12(16-9-23-26(3)13(16)2)24-17(28)19-5-14-4-15(6-19)8-20(7-14,10-19)27-11-22-18(21)25-27/h9,11-12,14-15H,4-8,10H2,1-3H3,(H,24,28). The highest BCUT2D eigenvalue weighted by atomic mass is 79.9. The maximum absolute atomic E-state index is 13.6. The van der Waals surface area contributed by atoms with Gasteiger partial charge in [-0.3, -0.25) is 9.48 Å². The van der Waals surface area contributed by atoms with Crippen LogP contribution in [0.4, 0.5) is 0 Å². The Bertz CT molecular complexity index is 919. The van der Waals surface area contributed by atoms with Crippen LogP contribution in [0.5, 0.6) is 0 Å². The first-order valence-corrected chi connectivity index (χ1v) is 11.0. The zero-order valence-electron chi connectivity index (χ0n) is 16.7. The average Bonchev–Trinajstić information content (AvgIpc) is 3.20. The smallest absolute Gasteiger partial charge is 0.226 e. The zero-order chi connectivity index (χ0) is 19.7. The largest absolute Gasteiger partial charge is 0.349 e. The van der Waals surface area contributed by atoms with E-state index in [-0.39, 0.29) is 22.9 Å². The van der Waals surface area contributed by atoms with Crippen LogP contribution in [0.25, 0.3) is 0 Å². The first-order chi connectivity index (χ1) is 13.3. The van der Waals surface area contributed by atoms with Crippen LogP contribution in [0.3, 0.4) is 0 Å². The van der Waals surface area contributed by atoms with Gasteiger partial charge in [0.25, 0.3) is 0 Å². The maximum atomic E-state index is 13.6. The molecule has 6 rings (SSSR count). The topological polar surface area (TPSA) is 77.6 Å². The van der Waals surface area contributed by atoms with Crippen molar-refractivity contribution in [3.05, 3.63) is 28.5 Å². The van der Waals surface area contributed by atoms with Crippen LogP contribution in [0, 0.1) is 24.2 Å².